The molecule has 5 heteroatoms. The van der Waals surface area contributed by atoms with Crippen LogP contribution in [0.1, 0.15) is 30.0 Å². The van der Waals surface area contributed by atoms with E-state index in [4.69, 9.17) is 9.72 Å². The number of para-hydroxylation sites is 1. The molecule has 0 N–H and O–H groups in total. The number of hydrogen-bond donors (Lipinski definition) is 0. The SMILES string of the molecule is COc1ccc(C)cc1CSc1nc2ccccc2c(=O)n1C1CC1. The Morgan fingerprint density at radius 3 is 2.80 bits per heavy atom. The summed E-state index contributed by atoms with van der Waals surface area (Å²) in [5.74, 6) is 1.60. The Morgan fingerprint density at radius 1 is 1.24 bits per heavy atom. The lowest BCUT2D eigenvalue weighted by molar-refractivity contribution is 0.411. The van der Waals surface area contributed by atoms with Crippen LogP contribution in [0, 0.1) is 6.92 Å². The van der Waals surface area contributed by atoms with E-state index in [0.717, 1.165) is 40.6 Å². The number of aryl methyl sites for hydroxylation is 1. The summed E-state index contributed by atoms with van der Waals surface area (Å²) in [6.07, 6.45) is 2.11. The van der Waals surface area contributed by atoms with Crippen molar-refractivity contribution in [3.8, 4) is 5.75 Å². The van der Waals surface area contributed by atoms with Crippen LogP contribution >= 0.6 is 11.8 Å². The van der Waals surface area contributed by atoms with Crippen LogP contribution in [0.3, 0.4) is 0 Å². The number of methoxy groups -OCH3 is 1. The molecule has 3 aromatic rings. The van der Waals surface area contributed by atoms with Gasteiger partial charge >= 0.3 is 0 Å². The molecule has 1 saturated carbocycles. The minimum Gasteiger partial charge on any atom is -0.496 e. The van der Waals surface area contributed by atoms with Crippen LogP contribution in [0.4, 0.5) is 0 Å². The van der Waals surface area contributed by atoms with Crippen molar-refractivity contribution < 1.29 is 4.74 Å². The first-order valence-electron chi connectivity index (χ1n) is 8.45. The van der Waals surface area contributed by atoms with Gasteiger partial charge in [-0.05, 0) is 38.0 Å². The van der Waals surface area contributed by atoms with Gasteiger partial charge in [-0.2, -0.15) is 0 Å². The number of nitrogens with zero attached hydrogens (tertiary/aromatic N) is 2. The van der Waals surface area contributed by atoms with Crippen molar-refractivity contribution in [1.29, 1.82) is 0 Å². The largest absolute Gasteiger partial charge is 0.496 e. The highest BCUT2D eigenvalue weighted by Crippen LogP contribution is 2.38. The summed E-state index contributed by atoms with van der Waals surface area (Å²) in [4.78, 5) is 17.7. The molecule has 0 saturated heterocycles. The molecule has 0 atom stereocenters. The van der Waals surface area contributed by atoms with Crippen LogP contribution in [-0.4, -0.2) is 16.7 Å². The van der Waals surface area contributed by atoms with Gasteiger partial charge in [-0.15, -0.1) is 0 Å². The van der Waals surface area contributed by atoms with Gasteiger partial charge in [-0.25, -0.2) is 4.98 Å². The molecule has 128 valence electrons. The lowest BCUT2D eigenvalue weighted by Gasteiger charge is -2.13. The summed E-state index contributed by atoms with van der Waals surface area (Å²) in [7, 11) is 1.69. The lowest BCUT2D eigenvalue weighted by atomic mass is 10.1. The molecule has 2 aromatic carbocycles. The summed E-state index contributed by atoms with van der Waals surface area (Å²) in [5.41, 5.74) is 3.16. The van der Waals surface area contributed by atoms with Crippen molar-refractivity contribution in [2.75, 3.05) is 7.11 Å². The Labute approximate surface area is 150 Å². The molecule has 25 heavy (non-hydrogen) atoms. The zero-order valence-corrected chi connectivity index (χ0v) is 15.2. The number of ether oxygens (including phenoxy) is 1. The maximum Gasteiger partial charge on any atom is 0.262 e. The molecule has 0 unspecified atom stereocenters. The number of benzene rings is 2. The highest BCUT2D eigenvalue weighted by atomic mass is 32.2. The van der Waals surface area contributed by atoms with Crippen molar-refractivity contribution in [1.82, 2.24) is 9.55 Å². The number of rotatable bonds is 5. The second-order valence-electron chi connectivity index (χ2n) is 6.42. The molecule has 0 amide bonds. The molecule has 0 aliphatic heterocycles. The van der Waals surface area contributed by atoms with Gasteiger partial charge in [0.2, 0.25) is 0 Å². The van der Waals surface area contributed by atoms with Gasteiger partial charge in [0, 0.05) is 17.4 Å². The zero-order valence-electron chi connectivity index (χ0n) is 14.4. The molecular weight excluding hydrogens is 332 g/mol. The average molecular weight is 352 g/mol. The second kappa shape index (κ2) is 6.56. The number of hydrogen-bond acceptors (Lipinski definition) is 4. The van der Waals surface area contributed by atoms with E-state index in [9.17, 15) is 4.79 Å². The molecule has 0 spiro atoms. The molecule has 4 rings (SSSR count). The first-order chi connectivity index (χ1) is 12.2. The van der Waals surface area contributed by atoms with E-state index >= 15 is 0 Å². The maximum atomic E-state index is 12.9. The zero-order chi connectivity index (χ0) is 17.4. The van der Waals surface area contributed by atoms with E-state index in [1.54, 1.807) is 18.9 Å². The summed E-state index contributed by atoms with van der Waals surface area (Å²) >= 11 is 1.61. The molecule has 1 heterocycles. The van der Waals surface area contributed by atoms with E-state index < -0.39 is 0 Å². The summed E-state index contributed by atoms with van der Waals surface area (Å²) in [6.45, 7) is 2.07. The Hall–Kier alpha value is -2.27. The van der Waals surface area contributed by atoms with Crippen LogP contribution in [0.15, 0.2) is 52.4 Å². The lowest BCUT2D eigenvalue weighted by Crippen LogP contribution is -2.22. The van der Waals surface area contributed by atoms with Gasteiger partial charge in [-0.3, -0.25) is 9.36 Å². The molecule has 1 fully saturated rings. The molecule has 1 aliphatic carbocycles. The average Bonchev–Trinajstić information content (AvgIpc) is 3.45. The van der Waals surface area contributed by atoms with Gasteiger partial charge in [0.15, 0.2) is 5.16 Å². The van der Waals surface area contributed by atoms with E-state index in [2.05, 4.69) is 13.0 Å². The number of fused-ring (bicyclic) bond motifs is 1. The fourth-order valence-corrected chi connectivity index (χ4v) is 4.09. The Kier molecular flexibility index (Phi) is 4.25. The molecule has 1 aromatic heterocycles. The van der Waals surface area contributed by atoms with E-state index in [1.807, 2.05) is 41.0 Å². The second-order valence-corrected chi connectivity index (χ2v) is 7.36. The normalized spacial score (nSPS) is 14.0. The van der Waals surface area contributed by atoms with E-state index in [1.165, 1.54) is 5.56 Å². The summed E-state index contributed by atoms with van der Waals surface area (Å²) in [5, 5.41) is 1.50. The van der Waals surface area contributed by atoms with Crippen LogP contribution in [0.2, 0.25) is 0 Å². The van der Waals surface area contributed by atoms with Gasteiger partial charge in [-0.1, -0.05) is 41.6 Å². The quantitative estimate of drug-likeness (QED) is 0.506. The van der Waals surface area contributed by atoms with Gasteiger partial charge < -0.3 is 4.74 Å². The van der Waals surface area contributed by atoms with Crippen LogP contribution < -0.4 is 10.3 Å². The van der Waals surface area contributed by atoms with Crippen LogP contribution in [0.5, 0.6) is 5.75 Å². The number of thioether (sulfide) groups is 1. The maximum absolute atomic E-state index is 12.9. The van der Waals surface area contributed by atoms with Gasteiger partial charge in [0.1, 0.15) is 5.75 Å². The molecule has 0 bridgehead atoms. The van der Waals surface area contributed by atoms with Crippen molar-refractivity contribution in [2.45, 2.75) is 36.7 Å². The highest BCUT2D eigenvalue weighted by molar-refractivity contribution is 7.98. The van der Waals surface area contributed by atoms with E-state index in [0.29, 0.717) is 11.4 Å². The van der Waals surface area contributed by atoms with Crippen molar-refractivity contribution >= 4 is 22.7 Å². The standard InChI is InChI=1S/C20H20N2O2S/c1-13-7-10-18(24-2)14(11-13)12-25-20-21-17-6-4-3-5-16(17)19(23)22(20)15-8-9-15/h3-7,10-11,15H,8-9,12H2,1-2H3. The summed E-state index contributed by atoms with van der Waals surface area (Å²) in [6, 6.07) is 14.1. The Balaban J connectivity index is 1.73. The molecular formula is C20H20N2O2S. The fourth-order valence-electron chi connectivity index (χ4n) is 3.04. The summed E-state index contributed by atoms with van der Waals surface area (Å²) < 4.78 is 7.35. The monoisotopic (exact) mass is 352 g/mol. The topological polar surface area (TPSA) is 44.1 Å². The third-order valence-electron chi connectivity index (χ3n) is 4.48. The minimum atomic E-state index is 0.0757. The first-order valence-corrected chi connectivity index (χ1v) is 9.43. The fraction of sp³-hybridized carbons (Fsp3) is 0.300. The van der Waals surface area contributed by atoms with Crippen LogP contribution in [-0.2, 0) is 5.75 Å². The third-order valence-corrected chi connectivity index (χ3v) is 5.48. The smallest absolute Gasteiger partial charge is 0.262 e. The molecule has 1 aliphatic rings. The third kappa shape index (κ3) is 3.16. The predicted octanol–water partition coefficient (Wildman–Crippen LogP) is 4.34. The minimum absolute atomic E-state index is 0.0757. The van der Waals surface area contributed by atoms with Crippen molar-refractivity contribution in [3.63, 3.8) is 0 Å². The van der Waals surface area contributed by atoms with Gasteiger partial charge in [0.25, 0.3) is 5.56 Å². The highest BCUT2D eigenvalue weighted by Gasteiger charge is 2.28. The predicted molar refractivity (Wildman–Crippen MR) is 102 cm³/mol. The molecule has 4 nitrogen and oxygen atoms in total. The van der Waals surface area contributed by atoms with Gasteiger partial charge in [0.05, 0.1) is 18.0 Å². The van der Waals surface area contributed by atoms with Crippen molar-refractivity contribution in [3.05, 3.63) is 63.9 Å². The first kappa shape index (κ1) is 16.2. The van der Waals surface area contributed by atoms with Crippen molar-refractivity contribution in [2.24, 2.45) is 0 Å². The Morgan fingerprint density at radius 2 is 2.04 bits per heavy atom. The Bertz CT molecular complexity index is 993. The number of aromatic nitrogens is 2. The van der Waals surface area contributed by atoms with E-state index in [-0.39, 0.29) is 5.56 Å². The van der Waals surface area contributed by atoms with Crippen LogP contribution in [0.25, 0.3) is 10.9 Å². The molecule has 0 radical (unpaired) electrons.